The van der Waals surface area contributed by atoms with Crippen LogP contribution in [0.1, 0.15) is 32.3 Å². The highest BCUT2D eigenvalue weighted by molar-refractivity contribution is 5.83. The zero-order valence-electron chi connectivity index (χ0n) is 15.0. The highest BCUT2D eigenvalue weighted by atomic mass is 16.2. The Morgan fingerprint density at radius 2 is 1.80 bits per heavy atom. The van der Waals surface area contributed by atoms with Gasteiger partial charge >= 0.3 is 0 Å². The van der Waals surface area contributed by atoms with Crippen LogP contribution in [0.4, 0.5) is 0 Å². The molecule has 0 spiro atoms. The molecular formula is C21H26N2O2. The smallest absolute Gasteiger partial charge is 0.223 e. The SMILES string of the molecule is CC(=O)N1CCC(C(=O)N[C@H](C)Cc2ccc3ccccc3c2)CC1. The van der Waals surface area contributed by atoms with Gasteiger partial charge in [-0.15, -0.1) is 0 Å². The van der Waals surface area contributed by atoms with Gasteiger partial charge in [0.25, 0.3) is 0 Å². The third kappa shape index (κ3) is 4.38. The average molecular weight is 338 g/mol. The van der Waals surface area contributed by atoms with Crippen molar-refractivity contribution in [2.75, 3.05) is 13.1 Å². The van der Waals surface area contributed by atoms with Crippen molar-refractivity contribution in [2.45, 2.75) is 39.2 Å². The minimum Gasteiger partial charge on any atom is -0.353 e. The van der Waals surface area contributed by atoms with Crippen molar-refractivity contribution in [3.05, 3.63) is 48.0 Å². The number of hydrogen-bond acceptors (Lipinski definition) is 2. The van der Waals surface area contributed by atoms with Crippen LogP contribution in [-0.2, 0) is 16.0 Å². The Hall–Kier alpha value is -2.36. The van der Waals surface area contributed by atoms with Crippen LogP contribution in [0.15, 0.2) is 42.5 Å². The summed E-state index contributed by atoms with van der Waals surface area (Å²) in [7, 11) is 0. The zero-order valence-corrected chi connectivity index (χ0v) is 15.0. The standard InChI is InChI=1S/C21H26N2O2/c1-15(13-17-7-8-18-5-3-4-6-20(18)14-17)22-21(25)19-9-11-23(12-10-19)16(2)24/h3-8,14-15,19H,9-13H2,1-2H3,(H,22,25)/t15-/m1/s1. The van der Waals surface area contributed by atoms with Gasteiger partial charge < -0.3 is 10.2 Å². The van der Waals surface area contributed by atoms with Gasteiger partial charge in [-0.05, 0) is 42.5 Å². The van der Waals surface area contributed by atoms with Crippen molar-refractivity contribution in [3.63, 3.8) is 0 Å². The number of benzene rings is 2. The summed E-state index contributed by atoms with van der Waals surface area (Å²) in [5.41, 5.74) is 1.23. The van der Waals surface area contributed by atoms with Gasteiger partial charge in [0.2, 0.25) is 11.8 Å². The molecule has 0 aliphatic carbocycles. The fourth-order valence-electron chi connectivity index (χ4n) is 3.59. The highest BCUT2D eigenvalue weighted by Crippen LogP contribution is 2.19. The van der Waals surface area contributed by atoms with E-state index >= 15 is 0 Å². The fraction of sp³-hybridized carbons (Fsp3) is 0.429. The number of nitrogens with one attached hydrogen (secondary N) is 1. The van der Waals surface area contributed by atoms with E-state index in [1.165, 1.54) is 16.3 Å². The van der Waals surface area contributed by atoms with Crippen LogP contribution in [-0.4, -0.2) is 35.8 Å². The summed E-state index contributed by atoms with van der Waals surface area (Å²) in [5.74, 6) is 0.245. The number of carbonyl (C=O) groups excluding carboxylic acids is 2. The van der Waals surface area contributed by atoms with Crippen molar-refractivity contribution in [1.82, 2.24) is 10.2 Å². The molecule has 1 atom stereocenters. The number of piperidine rings is 1. The lowest BCUT2D eigenvalue weighted by Crippen LogP contribution is -2.44. The van der Waals surface area contributed by atoms with E-state index in [9.17, 15) is 9.59 Å². The second-order valence-corrected chi connectivity index (χ2v) is 7.08. The molecule has 0 bridgehead atoms. The Labute approximate surface area is 149 Å². The molecule has 25 heavy (non-hydrogen) atoms. The molecule has 0 saturated carbocycles. The maximum atomic E-state index is 12.5. The fourth-order valence-corrected chi connectivity index (χ4v) is 3.59. The Balaban J connectivity index is 1.53. The average Bonchev–Trinajstić information content (AvgIpc) is 2.61. The molecule has 4 nitrogen and oxygen atoms in total. The Bertz CT molecular complexity index is 763. The quantitative estimate of drug-likeness (QED) is 0.931. The number of rotatable bonds is 4. The molecule has 0 unspecified atom stereocenters. The molecular weight excluding hydrogens is 312 g/mol. The lowest BCUT2D eigenvalue weighted by atomic mass is 9.95. The van der Waals surface area contributed by atoms with Gasteiger partial charge in [0.15, 0.2) is 0 Å². The van der Waals surface area contributed by atoms with Gasteiger partial charge in [0.05, 0.1) is 0 Å². The first-order valence-electron chi connectivity index (χ1n) is 9.06. The Morgan fingerprint density at radius 3 is 2.48 bits per heavy atom. The molecule has 4 heteroatoms. The number of likely N-dealkylation sites (tertiary alicyclic amines) is 1. The number of hydrogen-bond donors (Lipinski definition) is 1. The maximum absolute atomic E-state index is 12.5. The molecule has 1 N–H and O–H groups in total. The van der Waals surface area contributed by atoms with Crippen molar-refractivity contribution in [2.24, 2.45) is 5.92 Å². The summed E-state index contributed by atoms with van der Waals surface area (Å²) in [6, 6.07) is 14.9. The molecule has 132 valence electrons. The van der Waals surface area contributed by atoms with E-state index in [-0.39, 0.29) is 23.8 Å². The van der Waals surface area contributed by atoms with E-state index < -0.39 is 0 Å². The second-order valence-electron chi connectivity index (χ2n) is 7.08. The molecule has 1 heterocycles. The summed E-state index contributed by atoms with van der Waals surface area (Å²) >= 11 is 0. The third-order valence-corrected chi connectivity index (χ3v) is 5.06. The first-order chi connectivity index (χ1) is 12.0. The summed E-state index contributed by atoms with van der Waals surface area (Å²) < 4.78 is 0. The largest absolute Gasteiger partial charge is 0.353 e. The Morgan fingerprint density at radius 1 is 1.12 bits per heavy atom. The molecule has 3 rings (SSSR count). The molecule has 1 aliphatic heterocycles. The number of nitrogens with zero attached hydrogens (tertiary/aromatic N) is 1. The lowest BCUT2D eigenvalue weighted by Gasteiger charge is -2.31. The summed E-state index contributed by atoms with van der Waals surface area (Å²) in [5, 5.41) is 5.62. The molecule has 1 saturated heterocycles. The number of fused-ring (bicyclic) bond motifs is 1. The van der Waals surface area contributed by atoms with Crippen LogP contribution >= 0.6 is 0 Å². The topological polar surface area (TPSA) is 49.4 Å². The molecule has 0 radical (unpaired) electrons. The van der Waals surface area contributed by atoms with Crippen molar-refractivity contribution in [1.29, 1.82) is 0 Å². The summed E-state index contributed by atoms with van der Waals surface area (Å²) in [6.07, 6.45) is 2.34. The first-order valence-corrected chi connectivity index (χ1v) is 9.06. The predicted octanol–water partition coefficient (Wildman–Crippen LogP) is 3.15. The van der Waals surface area contributed by atoms with Crippen LogP contribution in [0, 0.1) is 5.92 Å². The molecule has 1 aliphatic rings. The third-order valence-electron chi connectivity index (χ3n) is 5.06. The minimum absolute atomic E-state index is 0.0228. The zero-order chi connectivity index (χ0) is 17.8. The van der Waals surface area contributed by atoms with Gasteiger partial charge in [0, 0.05) is 32.0 Å². The van der Waals surface area contributed by atoms with Crippen LogP contribution < -0.4 is 5.32 Å². The van der Waals surface area contributed by atoms with E-state index in [0.29, 0.717) is 13.1 Å². The van der Waals surface area contributed by atoms with E-state index in [1.54, 1.807) is 6.92 Å². The van der Waals surface area contributed by atoms with E-state index in [2.05, 4.69) is 42.6 Å². The van der Waals surface area contributed by atoms with Crippen LogP contribution in [0.3, 0.4) is 0 Å². The summed E-state index contributed by atoms with van der Waals surface area (Å²) in [6.45, 7) is 5.02. The molecule has 2 amide bonds. The van der Waals surface area contributed by atoms with E-state index in [1.807, 2.05) is 17.0 Å². The van der Waals surface area contributed by atoms with Crippen molar-refractivity contribution >= 4 is 22.6 Å². The second kappa shape index (κ2) is 7.68. The normalized spacial score (nSPS) is 16.6. The highest BCUT2D eigenvalue weighted by Gasteiger charge is 2.26. The number of carbonyl (C=O) groups is 2. The van der Waals surface area contributed by atoms with Crippen molar-refractivity contribution in [3.8, 4) is 0 Å². The van der Waals surface area contributed by atoms with E-state index in [0.717, 1.165) is 19.3 Å². The van der Waals surface area contributed by atoms with Gasteiger partial charge in [-0.25, -0.2) is 0 Å². The molecule has 2 aromatic carbocycles. The van der Waals surface area contributed by atoms with Gasteiger partial charge in [-0.3, -0.25) is 9.59 Å². The molecule has 2 aromatic rings. The number of amides is 2. The van der Waals surface area contributed by atoms with Gasteiger partial charge in [-0.2, -0.15) is 0 Å². The molecule has 0 aromatic heterocycles. The Kier molecular flexibility index (Phi) is 5.37. The lowest BCUT2D eigenvalue weighted by molar-refractivity contribution is -0.134. The first kappa shape index (κ1) is 17.5. The predicted molar refractivity (Wildman–Crippen MR) is 100 cm³/mol. The summed E-state index contributed by atoms with van der Waals surface area (Å²) in [4.78, 5) is 25.7. The van der Waals surface area contributed by atoms with Gasteiger partial charge in [-0.1, -0.05) is 42.5 Å². The van der Waals surface area contributed by atoms with Crippen LogP contribution in [0.5, 0.6) is 0 Å². The maximum Gasteiger partial charge on any atom is 0.223 e. The monoisotopic (exact) mass is 338 g/mol. The van der Waals surface area contributed by atoms with Gasteiger partial charge in [0.1, 0.15) is 0 Å². The molecule has 1 fully saturated rings. The minimum atomic E-state index is 0.0228. The van der Waals surface area contributed by atoms with Crippen molar-refractivity contribution < 1.29 is 9.59 Å². The van der Waals surface area contributed by atoms with Crippen LogP contribution in [0.25, 0.3) is 10.8 Å². The van der Waals surface area contributed by atoms with Crippen LogP contribution in [0.2, 0.25) is 0 Å². The van der Waals surface area contributed by atoms with E-state index in [4.69, 9.17) is 0 Å².